The van der Waals surface area contributed by atoms with Gasteiger partial charge in [-0.1, -0.05) is 20.3 Å². The molecule has 1 aliphatic rings. The normalized spacial score (nSPS) is 28.8. The predicted octanol–water partition coefficient (Wildman–Crippen LogP) is 3.36. The van der Waals surface area contributed by atoms with Gasteiger partial charge in [0.25, 0.3) is 0 Å². The molecule has 0 heterocycles. The summed E-state index contributed by atoms with van der Waals surface area (Å²) in [5.41, 5.74) is 6.26. The average molecular weight is 258 g/mol. The minimum absolute atomic E-state index is 0.164. The Kier molecular flexibility index (Phi) is 7.16. The Hall–Kier alpha value is -0.150. The molecule has 3 heteroatoms. The van der Waals surface area contributed by atoms with Crippen molar-refractivity contribution < 1.29 is 4.39 Å². The standard InChI is InChI=1S/C15H31FN2/c1-3-11-18(12-5-10-16)15(13-17)8-6-14(4-2)7-9-15/h14H,3-13,17H2,1-2H3. The zero-order valence-electron chi connectivity index (χ0n) is 12.3. The Labute approximate surface area is 112 Å². The smallest absolute Gasteiger partial charge is 0.0906 e. The van der Waals surface area contributed by atoms with Gasteiger partial charge in [0, 0.05) is 18.6 Å². The van der Waals surface area contributed by atoms with Crippen LogP contribution in [-0.2, 0) is 0 Å². The van der Waals surface area contributed by atoms with E-state index in [9.17, 15) is 4.39 Å². The predicted molar refractivity (Wildman–Crippen MR) is 76.5 cm³/mol. The third-order valence-corrected chi connectivity index (χ3v) is 4.72. The van der Waals surface area contributed by atoms with Crippen molar-refractivity contribution in [3.8, 4) is 0 Å². The van der Waals surface area contributed by atoms with Gasteiger partial charge in [0.2, 0.25) is 0 Å². The van der Waals surface area contributed by atoms with Crippen LogP contribution in [0.4, 0.5) is 4.39 Å². The van der Waals surface area contributed by atoms with Gasteiger partial charge in [0.15, 0.2) is 0 Å². The van der Waals surface area contributed by atoms with Crippen LogP contribution in [0.3, 0.4) is 0 Å². The summed E-state index contributed by atoms with van der Waals surface area (Å²) < 4.78 is 12.4. The summed E-state index contributed by atoms with van der Waals surface area (Å²) in [5.74, 6) is 0.884. The van der Waals surface area contributed by atoms with Crippen molar-refractivity contribution in [3.63, 3.8) is 0 Å². The number of hydrogen-bond acceptors (Lipinski definition) is 2. The second-order valence-corrected chi connectivity index (χ2v) is 5.81. The summed E-state index contributed by atoms with van der Waals surface area (Å²) in [6.45, 7) is 6.94. The Morgan fingerprint density at radius 1 is 1.22 bits per heavy atom. The van der Waals surface area contributed by atoms with E-state index in [4.69, 9.17) is 5.73 Å². The fraction of sp³-hybridized carbons (Fsp3) is 1.00. The van der Waals surface area contributed by atoms with Gasteiger partial charge in [-0.3, -0.25) is 9.29 Å². The van der Waals surface area contributed by atoms with Gasteiger partial charge in [-0.2, -0.15) is 0 Å². The van der Waals surface area contributed by atoms with Gasteiger partial charge < -0.3 is 5.73 Å². The summed E-state index contributed by atoms with van der Waals surface area (Å²) in [7, 11) is 0. The summed E-state index contributed by atoms with van der Waals surface area (Å²) in [4.78, 5) is 2.48. The fourth-order valence-electron chi connectivity index (χ4n) is 3.38. The van der Waals surface area contributed by atoms with E-state index in [0.717, 1.165) is 32.0 Å². The SMILES string of the molecule is CCCN(CCCF)C1(CN)CCC(CC)CC1. The highest BCUT2D eigenvalue weighted by atomic mass is 19.1. The Balaban J connectivity index is 2.64. The lowest BCUT2D eigenvalue weighted by Crippen LogP contribution is -2.56. The first-order valence-corrected chi connectivity index (χ1v) is 7.73. The van der Waals surface area contributed by atoms with E-state index >= 15 is 0 Å². The van der Waals surface area contributed by atoms with E-state index < -0.39 is 0 Å². The van der Waals surface area contributed by atoms with E-state index in [0.29, 0.717) is 6.42 Å². The van der Waals surface area contributed by atoms with Crippen molar-refractivity contribution in [3.05, 3.63) is 0 Å². The number of nitrogens with two attached hydrogens (primary N) is 1. The van der Waals surface area contributed by atoms with Crippen molar-refractivity contribution in [1.82, 2.24) is 4.90 Å². The van der Waals surface area contributed by atoms with Gasteiger partial charge in [0.1, 0.15) is 0 Å². The number of hydrogen-bond donors (Lipinski definition) is 1. The molecule has 0 bridgehead atoms. The lowest BCUT2D eigenvalue weighted by Gasteiger charge is -2.47. The number of alkyl halides is 1. The fourth-order valence-corrected chi connectivity index (χ4v) is 3.38. The topological polar surface area (TPSA) is 29.3 Å². The highest BCUT2D eigenvalue weighted by Gasteiger charge is 2.38. The van der Waals surface area contributed by atoms with Crippen molar-refractivity contribution in [2.75, 3.05) is 26.3 Å². The zero-order chi connectivity index (χ0) is 13.4. The van der Waals surface area contributed by atoms with Crippen molar-refractivity contribution in [2.45, 2.75) is 64.3 Å². The van der Waals surface area contributed by atoms with Crippen LogP contribution in [0.2, 0.25) is 0 Å². The van der Waals surface area contributed by atoms with Gasteiger partial charge in [-0.05, 0) is 51.0 Å². The second kappa shape index (κ2) is 8.11. The maximum absolute atomic E-state index is 12.4. The zero-order valence-corrected chi connectivity index (χ0v) is 12.3. The van der Waals surface area contributed by atoms with Crippen LogP contribution in [0.15, 0.2) is 0 Å². The van der Waals surface area contributed by atoms with Crippen LogP contribution in [-0.4, -0.2) is 36.7 Å². The van der Waals surface area contributed by atoms with Gasteiger partial charge in [-0.15, -0.1) is 0 Å². The molecule has 0 spiro atoms. The molecule has 0 atom stereocenters. The first-order valence-electron chi connectivity index (χ1n) is 7.73. The molecule has 1 aliphatic carbocycles. The Morgan fingerprint density at radius 2 is 1.89 bits per heavy atom. The summed E-state index contributed by atoms with van der Waals surface area (Å²) in [6.07, 6.45) is 8.07. The second-order valence-electron chi connectivity index (χ2n) is 5.81. The van der Waals surface area contributed by atoms with Crippen LogP contribution in [0.1, 0.15) is 58.8 Å². The molecule has 2 nitrogen and oxygen atoms in total. The van der Waals surface area contributed by atoms with Crippen LogP contribution in [0.5, 0.6) is 0 Å². The Morgan fingerprint density at radius 3 is 2.33 bits per heavy atom. The van der Waals surface area contributed by atoms with Gasteiger partial charge in [-0.25, -0.2) is 0 Å². The summed E-state index contributed by atoms with van der Waals surface area (Å²) >= 11 is 0. The molecular formula is C15H31FN2. The monoisotopic (exact) mass is 258 g/mol. The average Bonchev–Trinajstić information content (AvgIpc) is 2.43. The quantitative estimate of drug-likeness (QED) is 0.723. The lowest BCUT2D eigenvalue weighted by molar-refractivity contribution is 0.0391. The molecule has 0 unspecified atom stereocenters. The first kappa shape index (κ1) is 15.9. The first-order chi connectivity index (χ1) is 8.72. The number of nitrogens with zero attached hydrogens (tertiary/aromatic N) is 1. The molecule has 0 aliphatic heterocycles. The third kappa shape index (κ3) is 3.92. The van der Waals surface area contributed by atoms with Crippen LogP contribution in [0, 0.1) is 5.92 Å². The number of halogens is 1. The molecule has 0 amide bonds. The maximum Gasteiger partial charge on any atom is 0.0906 e. The molecule has 0 aromatic rings. The Bertz CT molecular complexity index is 213. The molecule has 0 radical (unpaired) electrons. The molecule has 18 heavy (non-hydrogen) atoms. The minimum Gasteiger partial charge on any atom is -0.329 e. The number of rotatable bonds is 8. The molecule has 1 rings (SSSR count). The largest absolute Gasteiger partial charge is 0.329 e. The molecular weight excluding hydrogens is 227 g/mol. The summed E-state index contributed by atoms with van der Waals surface area (Å²) in [5, 5.41) is 0. The van der Waals surface area contributed by atoms with Gasteiger partial charge in [0.05, 0.1) is 6.67 Å². The van der Waals surface area contributed by atoms with E-state index in [-0.39, 0.29) is 12.2 Å². The highest BCUT2D eigenvalue weighted by Crippen LogP contribution is 2.37. The third-order valence-electron chi connectivity index (χ3n) is 4.72. The van der Waals surface area contributed by atoms with Crippen molar-refractivity contribution in [1.29, 1.82) is 0 Å². The van der Waals surface area contributed by atoms with E-state index in [1.807, 2.05) is 0 Å². The molecule has 1 saturated carbocycles. The molecule has 0 aromatic carbocycles. The summed E-state index contributed by atoms with van der Waals surface area (Å²) in [6, 6.07) is 0. The maximum atomic E-state index is 12.4. The van der Waals surface area contributed by atoms with Gasteiger partial charge >= 0.3 is 0 Å². The molecule has 0 saturated heterocycles. The lowest BCUT2D eigenvalue weighted by atomic mass is 9.74. The highest BCUT2D eigenvalue weighted by molar-refractivity contribution is 4.95. The molecule has 1 fully saturated rings. The molecule has 108 valence electrons. The van der Waals surface area contributed by atoms with E-state index in [2.05, 4.69) is 18.7 Å². The van der Waals surface area contributed by atoms with Crippen LogP contribution >= 0.6 is 0 Å². The minimum atomic E-state index is -0.210. The van der Waals surface area contributed by atoms with Crippen molar-refractivity contribution >= 4 is 0 Å². The van der Waals surface area contributed by atoms with E-state index in [1.54, 1.807) is 0 Å². The van der Waals surface area contributed by atoms with Crippen molar-refractivity contribution in [2.24, 2.45) is 11.7 Å². The van der Waals surface area contributed by atoms with Crippen LogP contribution in [0.25, 0.3) is 0 Å². The van der Waals surface area contributed by atoms with Crippen LogP contribution < -0.4 is 5.73 Å². The molecule has 2 N–H and O–H groups in total. The molecule has 0 aromatic heterocycles. The van der Waals surface area contributed by atoms with E-state index in [1.165, 1.54) is 32.1 Å².